The Morgan fingerprint density at radius 1 is 1.56 bits per heavy atom. The Morgan fingerprint density at radius 2 is 2.28 bits per heavy atom. The van der Waals surface area contributed by atoms with Crippen molar-refractivity contribution in [2.24, 2.45) is 0 Å². The summed E-state index contributed by atoms with van der Waals surface area (Å²) >= 11 is 1.18. The van der Waals surface area contributed by atoms with E-state index in [4.69, 9.17) is 5.11 Å². The summed E-state index contributed by atoms with van der Waals surface area (Å²) in [5.41, 5.74) is 0. The number of methoxy groups -OCH3 is 1. The molecule has 0 unspecified atom stereocenters. The largest absolute Gasteiger partial charge is 0.480 e. The quantitative estimate of drug-likeness (QED) is 0.663. The van der Waals surface area contributed by atoms with Crippen LogP contribution in [0.15, 0.2) is 11.6 Å². The number of aromatic nitrogens is 1. The molecule has 8 nitrogen and oxygen atoms in total. The number of carboxylic acid groups (broad SMARTS) is 1. The van der Waals surface area contributed by atoms with Gasteiger partial charge in [0.25, 0.3) is 0 Å². The molecule has 1 heterocycles. The van der Waals surface area contributed by atoms with Gasteiger partial charge in [0.1, 0.15) is 6.04 Å². The van der Waals surface area contributed by atoms with Gasteiger partial charge in [-0.2, -0.15) is 0 Å². The number of urea groups is 1. The molecule has 1 aromatic rings. The standard InChI is InChI=1S/C9H11N3O5S/c1-17-6(13)4-5(7(14)15)11-8(16)12-9-10-2-3-18-9/h2-3,5H,4H2,1H3,(H,14,15)(H2,10,11,12,16)/t5-/m0/s1. The number of thiazole rings is 1. The molecule has 18 heavy (non-hydrogen) atoms. The van der Waals surface area contributed by atoms with Crippen molar-refractivity contribution in [3.8, 4) is 0 Å². The average molecular weight is 273 g/mol. The number of amides is 2. The summed E-state index contributed by atoms with van der Waals surface area (Å²) in [7, 11) is 1.14. The van der Waals surface area contributed by atoms with Crippen molar-refractivity contribution in [1.29, 1.82) is 0 Å². The van der Waals surface area contributed by atoms with Crippen LogP contribution in [0.5, 0.6) is 0 Å². The molecule has 0 fully saturated rings. The first-order chi connectivity index (χ1) is 8.52. The van der Waals surface area contributed by atoms with Crippen molar-refractivity contribution in [1.82, 2.24) is 10.3 Å². The van der Waals surface area contributed by atoms with Crippen LogP contribution in [0.3, 0.4) is 0 Å². The van der Waals surface area contributed by atoms with Gasteiger partial charge in [-0.3, -0.25) is 10.1 Å². The minimum absolute atomic E-state index is 0.328. The van der Waals surface area contributed by atoms with Crippen molar-refractivity contribution in [3.63, 3.8) is 0 Å². The van der Waals surface area contributed by atoms with E-state index >= 15 is 0 Å². The third-order valence-electron chi connectivity index (χ3n) is 1.85. The molecule has 0 aliphatic rings. The third-order valence-corrected chi connectivity index (χ3v) is 2.54. The lowest BCUT2D eigenvalue weighted by molar-refractivity contribution is -0.147. The summed E-state index contributed by atoms with van der Waals surface area (Å²) in [6, 6.07) is -2.10. The van der Waals surface area contributed by atoms with Gasteiger partial charge in [-0.1, -0.05) is 0 Å². The Labute approximate surface area is 106 Å². The summed E-state index contributed by atoms with van der Waals surface area (Å²) in [4.78, 5) is 37.0. The molecule has 9 heteroatoms. The van der Waals surface area contributed by atoms with E-state index in [1.165, 1.54) is 17.5 Å². The number of carbonyl (C=O) groups is 3. The summed E-state index contributed by atoms with van der Waals surface area (Å²) in [6.07, 6.45) is 1.04. The molecule has 0 aromatic carbocycles. The summed E-state index contributed by atoms with van der Waals surface area (Å²) in [5, 5.41) is 15.3. The van der Waals surface area contributed by atoms with Crippen molar-refractivity contribution in [2.45, 2.75) is 12.5 Å². The van der Waals surface area contributed by atoms with E-state index in [1.54, 1.807) is 5.38 Å². The van der Waals surface area contributed by atoms with Crippen LogP contribution in [0.1, 0.15) is 6.42 Å². The molecule has 3 N–H and O–H groups in total. The molecule has 0 aliphatic heterocycles. The highest BCUT2D eigenvalue weighted by Crippen LogP contribution is 2.09. The number of esters is 1. The van der Waals surface area contributed by atoms with E-state index < -0.39 is 30.4 Å². The molecule has 98 valence electrons. The average Bonchev–Trinajstić information content (AvgIpc) is 2.80. The zero-order valence-corrected chi connectivity index (χ0v) is 10.2. The van der Waals surface area contributed by atoms with Crippen molar-refractivity contribution < 1.29 is 24.2 Å². The number of ether oxygens (including phenoxy) is 1. The summed E-state index contributed by atoms with van der Waals surface area (Å²) in [6.45, 7) is 0. The van der Waals surface area contributed by atoms with Crippen LogP contribution in [0.2, 0.25) is 0 Å². The van der Waals surface area contributed by atoms with E-state index in [0.29, 0.717) is 5.13 Å². The molecule has 0 radical (unpaired) electrons. The van der Waals surface area contributed by atoms with E-state index in [0.717, 1.165) is 7.11 Å². The van der Waals surface area contributed by atoms with Crippen molar-refractivity contribution in [2.75, 3.05) is 12.4 Å². The fourth-order valence-corrected chi connectivity index (χ4v) is 1.55. The van der Waals surface area contributed by atoms with Crippen LogP contribution in [0.4, 0.5) is 9.93 Å². The molecule has 0 bridgehead atoms. The van der Waals surface area contributed by atoms with Crippen LogP contribution >= 0.6 is 11.3 Å². The lowest BCUT2D eigenvalue weighted by Gasteiger charge is -2.13. The number of hydrogen-bond acceptors (Lipinski definition) is 6. The molecule has 1 atom stereocenters. The van der Waals surface area contributed by atoms with E-state index in [2.05, 4.69) is 20.4 Å². The Balaban J connectivity index is 2.52. The summed E-state index contributed by atoms with van der Waals surface area (Å²) in [5.74, 6) is -2.05. The maximum Gasteiger partial charge on any atom is 0.326 e. The third kappa shape index (κ3) is 4.37. The van der Waals surface area contributed by atoms with E-state index in [-0.39, 0.29) is 0 Å². The molecule has 0 aliphatic carbocycles. The SMILES string of the molecule is COC(=O)C[C@H](NC(=O)Nc1nccs1)C(=O)O. The topological polar surface area (TPSA) is 118 Å². The second-order valence-electron chi connectivity index (χ2n) is 3.11. The highest BCUT2D eigenvalue weighted by atomic mass is 32.1. The molecule has 0 spiro atoms. The number of rotatable bonds is 5. The molecule has 0 saturated carbocycles. The first kappa shape index (κ1) is 13.9. The lowest BCUT2D eigenvalue weighted by Crippen LogP contribution is -2.44. The van der Waals surface area contributed by atoms with E-state index in [1.807, 2.05) is 0 Å². The smallest absolute Gasteiger partial charge is 0.326 e. The Hall–Kier alpha value is -2.16. The number of nitrogens with one attached hydrogen (secondary N) is 2. The van der Waals surface area contributed by atoms with Gasteiger partial charge in [-0.25, -0.2) is 14.6 Å². The normalized spacial score (nSPS) is 11.4. The maximum absolute atomic E-state index is 11.4. The minimum atomic E-state index is -1.35. The zero-order chi connectivity index (χ0) is 13.5. The van der Waals surface area contributed by atoms with Crippen LogP contribution in [0, 0.1) is 0 Å². The number of aliphatic carboxylic acids is 1. The lowest BCUT2D eigenvalue weighted by atomic mass is 10.2. The van der Waals surface area contributed by atoms with Crippen LogP contribution in [-0.2, 0) is 14.3 Å². The molecule has 2 amide bonds. The van der Waals surface area contributed by atoms with Gasteiger partial charge in [-0.15, -0.1) is 11.3 Å². The Kier molecular flexibility index (Phi) is 5.06. The molecule has 1 rings (SSSR count). The highest BCUT2D eigenvalue weighted by molar-refractivity contribution is 7.13. The van der Waals surface area contributed by atoms with Gasteiger partial charge in [0, 0.05) is 11.6 Å². The molecule has 0 saturated heterocycles. The molecular weight excluding hydrogens is 262 g/mol. The predicted octanol–water partition coefficient (Wildman–Crippen LogP) is 0.281. The van der Waals surface area contributed by atoms with Crippen LogP contribution in [-0.4, -0.2) is 41.2 Å². The Morgan fingerprint density at radius 3 is 2.78 bits per heavy atom. The molecule has 1 aromatic heterocycles. The first-order valence-corrected chi connectivity index (χ1v) is 5.67. The zero-order valence-electron chi connectivity index (χ0n) is 9.37. The fourth-order valence-electron chi connectivity index (χ4n) is 1.03. The number of carbonyl (C=O) groups excluding carboxylic acids is 2. The summed E-state index contributed by atoms with van der Waals surface area (Å²) < 4.78 is 4.33. The molecular formula is C9H11N3O5S. The second kappa shape index (κ2) is 6.55. The predicted molar refractivity (Wildman–Crippen MR) is 62.3 cm³/mol. The monoisotopic (exact) mass is 273 g/mol. The number of nitrogens with zero attached hydrogens (tertiary/aromatic N) is 1. The minimum Gasteiger partial charge on any atom is -0.480 e. The van der Waals surface area contributed by atoms with Gasteiger partial charge >= 0.3 is 18.0 Å². The van der Waals surface area contributed by atoms with Gasteiger partial charge in [0.15, 0.2) is 5.13 Å². The number of carboxylic acids is 1. The Bertz CT molecular complexity index is 433. The van der Waals surface area contributed by atoms with Gasteiger partial charge < -0.3 is 15.2 Å². The van der Waals surface area contributed by atoms with Gasteiger partial charge in [-0.05, 0) is 0 Å². The number of anilines is 1. The van der Waals surface area contributed by atoms with Crippen LogP contribution in [0.25, 0.3) is 0 Å². The fraction of sp³-hybridized carbons (Fsp3) is 0.333. The van der Waals surface area contributed by atoms with Crippen molar-refractivity contribution >= 4 is 34.4 Å². The van der Waals surface area contributed by atoms with Crippen molar-refractivity contribution in [3.05, 3.63) is 11.6 Å². The van der Waals surface area contributed by atoms with Gasteiger partial charge in [0.05, 0.1) is 13.5 Å². The first-order valence-electron chi connectivity index (χ1n) is 4.79. The maximum atomic E-state index is 11.4. The van der Waals surface area contributed by atoms with E-state index in [9.17, 15) is 14.4 Å². The second-order valence-corrected chi connectivity index (χ2v) is 4.00. The number of hydrogen-bond donors (Lipinski definition) is 3. The van der Waals surface area contributed by atoms with Crippen LogP contribution < -0.4 is 10.6 Å². The highest BCUT2D eigenvalue weighted by Gasteiger charge is 2.23. The van der Waals surface area contributed by atoms with Gasteiger partial charge in [0.2, 0.25) is 0 Å².